The lowest BCUT2D eigenvalue weighted by Gasteiger charge is -2.29. The average Bonchev–Trinajstić information content (AvgIpc) is 1.96. The van der Waals surface area contributed by atoms with Crippen LogP contribution in [0.5, 0.6) is 0 Å². The third-order valence-electron chi connectivity index (χ3n) is 2.07. The molecular weight excluding hydrogens is 160 g/mol. The lowest BCUT2D eigenvalue weighted by Crippen LogP contribution is -2.37. The van der Waals surface area contributed by atoms with Crippen LogP contribution in [-0.4, -0.2) is 34.5 Å². The molecule has 0 saturated heterocycles. The van der Waals surface area contributed by atoms with Crippen LogP contribution in [0.15, 0.2) is 0 Å². The van der Waals surface area contributed by atoms with Crippen molar-refractivity contribution in [1.82, 2.24) is 0 Å². The second kappa shape index (κ2) is 3.87. The van der Waals surface area contributed by atoms with E-state index in [1.165, 1.54) is 6.92 Å². The van der Waals surface area contributed by atoms with Gasteiger partial charge in [-0.3, -0.25) is 4.79 Å². The highest BCUT2D eigenvalue weighted by molar-refractivity contribution is 5.66. The van der Waals surface area contributed by atoms with Crippen molar-refractivity contribution in [1.29, 1.82) is 0 Å². The largest absolute Gasteiger partial charge is 0.462 e. The average molecular weight is 174 g/mol. The van der Waals surface area contributed by atoms with Crippen LogP contribution in [0.4, 0.5) is 0 Å². The molecule has 0 aromatic carbocycles. The number of rotatable bonds is 1. The molecule has 4 heteroatoms. The summed E-state index contributed by atoms with van der Waals surface area (Å²) < 4.78 is 4.90. The minimum absolute atomic E-state index is 0.221. The number of carbonyl (C=O) groups excluding carboxylic acids is 1. The first-order valence-corrected chi connectivity index (χ1v) is 4.13. The van der Waals surface area contributed by atoms with Crippen molar-refractivity contribution >= 4 is 5.97 Å². The second-order valence-corrected chi connectivity index (χ2v) is 3.18. The Morgan fingerprint density at radius 3 is 2.50 bits per heavy atom. The molecule has 0 aliphatic heterocycles. The summed E-state index contributed by atoms with van der Waals surface area (Å²) in [5, 5.41) is 18.4. The fraction of sp³-hybridized carbons (Fsp3) is 0.875. The number of esters is 1. The van der Waals surface area contributed by atoms with Gasteiger partial charge in [0, 0.05) is 13.3 Å². The molecule has 0 amide bonds. The second-order valence-electron chi connectivity index (χ2n) is 3.18. The zero-order valence-corrected chi connectivity index (χ0v) is 7.06. The van der Waals surface area contributed by atoms with Gasteiger partial charge < -0.3 is 14.9 Å². The third-order valence-corrected chi connectivity index (χ3v) is 2.07. The van der Waals surface area contributed by atoms with Crippen molar-refractivity contribution in [2.45, 2.75) is 44.5 Å². The fourth-order valence-electron chi connectivity index (χ4n) is 1.44. The van der Waals surface area contributed by atoms with Crippen molar-refractivity contribution in [2.24, 2.45) is 0 Å². The van der Waals surface area contributed by atoms with Gasteiger partial charge in [0.2, 0.25) is 0 Å². The molecule has 1 rings (SSSR count). The van der Waals surface area contributed by atoms with Gasteiger partial charge in [-0.2, -0.15) is 0 Å². The van der Waals surface area contributed by atoms with Gasteiger partial charge in [-0.1, -0.05) is 0 Å². The minimum Gasteiger partial charge on any atom is -0.462 e. The molecule has 70 valence electrons. The summed E-state index contributed by atoms with van der Waals surface area (Å²) in [6.45, 7) is 1.34. The van der Waals surface area contributed by atoms with E-state index >= 15 is 0 Å². The summed E-state index contributed by atoms with van der Waals surface area (Å²) in [6.07, 6.45) is -0.140. The molecule has 0 aromatic rings. The van der Waals surface area contributed by atoms with Crippen LogP contribution in [0.3, 0.4) is 0 Å². The molecule has 1 aliphatic carbocycles. The summed E-state index contributed by atoms with van der Waals surface area (Å²) in [7, 11) is 0. The molecule has 1 fully saturated rings. The van der Waals surface area contributed by atoms with Crippen LogP contribution < -0.4 is 0 Å². The van der Waals surface area contributed by atoms with Crippen LogP contribution in [0.1, 0.15) is 26.2 Å². The Balaban J connectivity index is 2.35. The lowest BCUT2D eigenvalue weighted by molar-refractivity contribution is -0.152. The van der Waals surface area contributed by atoms with Crippen molar-refractivity contribution in [3.63, 3.8) is 0 Å². The summed E-state index contributed by atoms with van der Waals surface area (Å²) in [6, 6.07) is 0. The first-order valence-electron chi connectivity index (χ1n) is 4.13. The van der Waals surface area contributed by atoms with E-state index in [0.29, 0.717) is 19.3 Å². The van der Waals surface area contributed by atoms with E-state index in [-0.39, 0.29) is 12.1 Å². The van der Waals surface area contributed by atoms with Gasteiger partial charge in [-0.05, 0) is 12.8 Å². The molecule has 2 N–H and O–H groups in total. The Labute approximate surface area is 71.2 Å². The first-order chi connectivity index (χ1) is 5.59. The van der Waals surface area contributed by atoms with Crippen LogP contribution >= 0.6 is 0 Å². The zero-order valence-electron chi connectivity index (χ0n) is 7.06. The molecule has 1 saturated carbocycles. The lowest BCUT2D eigenvalue weighted by atomic mass is 9.92. The Bertz CT molecular complexity index is 168. The van der Waals surface area contributed by atoms with Crippen LogP contribution in [0.25, 0.3) is 0 Å². The molecule has 0 aromatic heterocycles. The normalized spacial score (nSPS) is 36.1. The van der Waals surface area contributed by atoms with Crippen molar-refractivity contribution < 1.29 is 19.7 Å². The summed E-state index contributed by atoms with van der Waals surface area (Å²) in [5.74, 6) is -0.330. The van der Waals surface area contributed by atoms with E-state index in [0.717, 1.165) is 0 Å². The summed E-state index contributed by atoms with van der Waals surface area (Å²) in [5.41, 5.74) is 0. The molecule has 3 unspecified atom stereocenters. The zero-order chi connectivity index (χ0) is 9.14. The topological polar surface area (TPSA) is 66.8 Å². The maximum Gasteiger partial charge on any atom is 0.302 e. The van der Waals surface area contributed by atoms with E-state index in [4.69, 9.17) is 9.84 Å². The van der Waals surface area contributed by atoms with E-state index in [9.17, 15) is 9.90 Å². The Morgan fingerprint density at radius 1 is 1.33 bits per heavy atom. The number of hydrogen-bond donors (Lipinski definition) is 2. The molecule has 0 heterocycles. The van der Waals surface area contributed by atoms with Gasteiger partial charge >= 0.3 is 5.97 Å². The van der Waals surface area contributed by atoms with E-state index in [2.05, 4.69) is 0 Å². The molecule has 0 radical (unpaired) electrons. The maximum absolute atomic E-state index is 10.5. The van der Waals surface area contributed by atoms with Crippen molar-refractivity contribution in [3.05, 3.63) is 0 Å². The molecular formula is C8H14O4. The smallest absolute Gasteiger partial charge is 0.302 e. The predicted molar refractivity (Wildman–Crippen MR) is 41.4 cm³/mol. The van der Waals surface area contributed by atoms with E-state index < -0.39 is 12.2 Å². The SMILES string of the molecule is CC(=O)OC1CCC(O)C(O)C1. The highest BCUT2D eigenvalue weighted by Crippen LogP contribution is 2.21. The first kappa shape index (κ1) is 9.48. The van der Waals surface area contributed by atoms with E-state index in [1.807, 2.05) is 0 Å². The Morgan fingerprint density at radius 2 is 2.00 bits per heavy atom. The van der Waals surface area contributed by atoms with Crippen LogP contribution in [0, 0.1) is 0 Å². The fourth-order valence-corrected chi connectivity index (χ4v) is 1.44. The standard InChI is InChI=1S/C8H14O4/c1-5(9)12-6-2-3-7(10)8(11)4-6/h6-8,10-11H,2-4H2,1H3. The van der Waals surface area contributed by atoms with Gasteiger partial charge in [-0.25, -0.2) is 0 Å². The monoisotopic (exact) mass is 174 g/mol. The highest BCUT2D eigenvalue weighted by Gasteiger charge is 2.28. The molecule has 0 bridgehead atoms. The Kier molecular flexibility index (Phi) is 3.05. The third kappa shape index (κ3) is 2.46. The molecule has 1 aliphatic rings. The van der Waals surface area contributed by atoms with Crippen LogP contribution in [-0.2, 0) is 9.53 Å². The van der Waals surface area contributed by atoms with Gasteiger partial charge in [-0.15, -0.1) is 0 Å². The predicted octanol–water partition coefficient (Wildman–Crippen LogP) is -0.176. The Hall–Kier alpha value is -0.610. The molecule has 0 spiro atoms. The summed E-state index contributed by atoms with van der Waals surface area (Å²) >= 11 is 0. The van der Waals surface area contributed by atoms with E-state index in [1.54, 1.807) is 0 Å². The molecule has 4 nitrogen and oxygen atoms in total. The van der Waals surface area contributed by atoms with Crippen molar-refractivity contribution in [3.8, 4) is 0 Å². The van der Waals surface area contributed by atoms with Gasteiger partial charge in [0.1, 0.15) is 6.10 Å². The number of carbonyl (C=O) groups is 1. The van der Waals surface area contributed by atoms with Gasteiger partial charge in [0.05, 0.1) is 12.2 Å². The van der Waals surface area contributed by atoms with Crippen LogP contribution in [0.2, 0.25) is 0 Å². The summed E-state index contributed by atoms with van der Waals surface area (Å²) in [4.78, 5) is 10.5. The highest BCUT2D eigenvalue weighted by atomic mass is 16.5. The molecule has 12 heavy (non-hydrogen) atoms. The molecule has 3 atom stereocenters. The number of ether oxygens (including phenoxy) is 1. The van der Waals surface area contributed by atoms with Crippen molar-refractivity contribution in [2.75, 3.05) is 0 Å². The quantitative estimate of drug-likeness (QED) is 0.541. The maximum atomic E-state index is 10.5. The minimum atomic E-state index is -0.747. The number of aliphatic hydroxyl groups is 2. The van der Waals surface area contributed by atoms with Gasteiger partial charge in [0.25, 0.3) is 0 Å². The van der Waals surface area contributed by atoms with Gasteiger partial charge in [0.15, 0.2) is 0 Å². The number of aliphatic hydroxyl groups excluding tert-OH is 2. The number of hydrogen-bond acceptors (Lipinski definition) is 4.